The summed E-state index contributed by atoms with van der Waals surface area (Å²) in [6.07, 6.45) is -2.90. The number of hydrogen-bond acceptors (Lipinski definition) is 2. The summed E-state index contributed by atoms with van der Waals surface area (Å²) in [5.41, 5.74) is -0.257. The van der Waals surface area contributed by atoms with Gasteiger partial charge in [-0.2, -0.15) is 13.2 Å². The third-order valence-corrected chi connectivity index (χ3v) is 2.99. The number of halogens is 4. The first kappa shape index (κ1) is 15.6. The topological polar surface area (TPSA) is 12.4 Å². The Morgan fingerprint density at radius 1 is 1.17 bits per heavy atom. The molecule has 0 saturated heterocycles. The predicted octanol–water partition coefficient (Wildman–Crippen LogP) is 5.33. The lowest BCUT2D eigenvalue weighted by molar-refractivity contribution is -0.137. The lowest BCUT2D eigenvalue weighted by Gasteiger charge is -2.12. The molecule has 0 bridgehead atoms. The fourth-order valence-electron chi connectivity index (χ4n) is 1.10. The third-order valence-electron chi connectivity index (χ3n) is 1.78. The second kappa shape index (κ2) is 5.65. The van der Waals surface area contributed by atoms with Gasteiger partial charge in [0.05, 0.1) is 5.56 Å². The van der Waals surface area contributed by atoms with Crippen LogP contribution < -0.4 is 0 Å². The molecule has 0 N–H and O–H groups in total. The molecule has 0 atom stereocenters. The maximum absolute atomic E-state index is 12.6. The number of nitrogens with zero attached hydrogens (tertiary/aromatic N) is 1. The Hall–Kier alpha value is -0.490. The number of rotatable bonds is 2. The summed E-state index contributed by atoms with van der Waals surface area (Å²) in [6, 6.07) is 3.73. The summed E-state index contributed by atoms with van der Waals surface area (Å²) >= 11 is 4.39. The highest BCUT2D eigenvalue weighted by atomic mass is 79.9. The molecule has 0 fully saturated rings. The summed E-state index contributed by atoms with van der Waals surface area (Å²) in [4.78, 5) is 0. The van der Waals surface area contributed by atoms with Crippen molar-refractivity contribution in [1.29, 1.82) is 0 Å². The molecule has 6 heteroatoms. The van der Waals surface area contributed by atoms with Gasteiger partial charge in [0, 0.05) is 15.4 Å². The van der Waals surface area contributed by atoms with E-state index in [9.17, 15) is 13.2 Å². The maximum Gasteiger partial charge on any atom is 0.416 e. The maximum atomic E-state index is 12.6. The van der Waals surface area contributed by atoms with Crippen molar-refractivity contribution in [3.05, 3.63) is 33.8 Å². The van der Waals surface area contributed by atoms with Crippen molar-refractivity contribution in [2.45, 2.75) is 31.7 Å². The summed E-state index contributed by atoms with van der Waals surface area (Å²) in [7, 11) is 0. The van der Waals surface area contributed by atoms with Crippen molar-refractivity contribution in [2.75, 3.05) is 0 Å². The van der Waals surface area contributed by atoms with E-state index in [2.05, 4.69) is 20.3 Å². The van der Waals surface area contributed by atoms with E-state index in [-0.39, 0.29) is 4.75 Å². The van der Waals surface area contributed by atoms with Crippen LogP contribution in [0.5, 0.6) is 0 Å². The summed E-state index contributed by atoms with van der Waals surface area (Å²) < 4.78 is 42.2. The third kappa shape index (κ3) is 5.44. The Kier molecular flexibility index (Phi) is 4.89. The average molecular weight is 340 g/mol. The molecule has 18 heavy (non-hydrogen) atoms. The molecular formula is C12H13BrF3NS. The molecule has 1 aromatic carbocycles. The van der Waals surface area contributed by atoms with Crippen molar-refractivity contribution in [3.63, 3.8) is 0 Å². The zero-order chi connectivity index (χ0) is 14.0. The number of hydrogen-bond donors (Lipinski definition) is 0. The van der Waals surface area contributed by atoms with Gasteiger partial charge in [0.25, 0.3) is 0 Å². The molecule has 0 amide bonds. The standard InChI is InChI=1S/C12H13BrF3NS/c1-11(2,3)18-17-7-8-4-9(12(14,15)16)6-10(13)5-8/h4-7H,1-3H3. The van der Waals surface area contributed by atoms with Crippen molar-refractivity contribution < 1.29 is 13.2 Å². The monoisotopic (exact) mass is 339 g/mol. The molecular weight excluding hydrogens is 327 g/mol. The smallest absolute Gasteiger partial charge is 0.223 e. The van der Waals surface area contributed by atoms with Crippen LogP contribution in [0.4, 0.5) is 13.2 Å². The highest BCUT2D eigenvalue weighted by molar-refractivity contribution is 9.10. The van der Waals surface area contributed by atoms with Gasteiger partial charge in [-0.1, -0.05) is 15.9 Å². The molecule has 0 aliphatic rings. The zero-order valence-electron chi connectivity index (χ0n) is 10.2. The quantitative estimate of drug-likeness (QED) is 0.523. The fourth-order valence-corrected chi connectivity index (χ4v) is 2.10. The molecule has 0 aliphatic carbocycles. The minimum Gasteiger partial charge on any atom is -0.223 e. The van der Waals surface area contributed by atoms with Gasteiger partial charge in [-0.15, -0.1) is 0 Å². The van der Waals surface area contributed by atoms with Crippen LogP contribution >= 0.6 is 27.9 Å². The first-order valence-corrected chi connectivity index (χ1v) is 6.74. The van der Waals surface area contributed by atoms with Crippen LogP contribution in [0.1, 0.15) is 31.9 Å². The highest BCUT2D eigenvalue weighted by Gasteiger charge is 2.30. The second-order valence-electron chi connectivity index (χ2n) is 4.71. The lowest BCUT2D eigenvalue weighted by atomic mass is 10.1. The molecule has 0 radical (unpaired) electrons. The Balaban J connectivity index is 2.94. The van der Waals surface area contributed by atoms with Crippen LogP contribution in [0, 0.1) is 0 Å². The lowest BCUT2D eigenvalue weighted by Crippen LogP contribution is -2.06. The van der Waals surface area contributed by atoms with Crippen molar-refractivity contribution in [2.24, 2.45) is 4.40 Å². The molecule has 0 aromatic heterocycles. The Bertz CT molecular complexity index is 450. The van der Waals surface area contributed by atoms with Crippen LogP contribution in [-0.4, -0.2) is 11.0 Å². The van der Waals surface area contributed by atoms with E-state index in [0.717, 1.165) is 12.1 Å². The fraction of sp³-hybridized carbons (Fsp3) is 0.417. The normalized spacial score (nSPS) is 13.3. The largest absolute Gasteiger partial charge is 0.416 e. The van der Waals surface area contributed by atoms with E-state index in [1.165, 1.54) is 18.2 Å². The van der Waals surface area contributed by atoms with Gasteiger partial charge in [0.15, 0.2) is 0 Å². The summed E-state index contributed by atoms with van der Waals surface area (Å²) in [6.45, 7) is 5.95. The van der Waals surface area contributed by atoms with Gasteiger partial charge in [0.2, 0.25) is 0 Å². The van der Waals surface area contributed by atoms with Crippen LogP contribution in [-0.2, 0) is 6.18 Å². The first-order chi connectivity index (χ1) is 8.08. The summed E-state index contributed by atoms with van der Waals surface area (Å²) in [5, 5.41) is 0. The Labute approximate surface area is 117 Å². The van der Waals surface area contributed by atoms with Gasteiger partial charge in [-0.05, 0) is 56.5 Å². The van der Waals surface area contributed by atoms with Crippen LogP contribution in [0.3, 0.4) is 0 Å². The van der Waals surface area contributed by atoms with Crippen LogP contribution in [0.2, 0.25) is 0 Å². The van der Waals surface area contributed by atoms with E-state index in [1.54, 1.807) is 6.07 Å². The first-order valence-electron chi connectivity index (χ1n) is 5.17. The summed E-state index contributed by atoms with van der Waals surface area (Å²) in [5.74, 6) is 0. The minimum absolute atomic E-state index is 0.0601. The molecule has 1 nitrogen and oxygen atoms in total. The number of benzene rings is 1. The average Bonchev–Trinajstić information content (AvgIpc) is 2.13. The Morgan fingerprint density at radius 3 is 2.28 bits per heavy atom. The van der Waals surface area contributed by atoms with E-state index < -0.39 is 11.7 Å². The van der Waals surface area contributed by atoms with E-state index in [1.807, 2.05) is 20.8 Å². The highest BCUT2D eigenvalue weighted by Crippen LogP contribution is 2.32. The van der Waals surface area contributed by atoms with E-state index in [4.69, 9.17) is 0 Å². The van der Waals surface area contributed by atoms with Gasteiger partial charge in [0.1, 0.15) is 0 Å². The van der Waals surface area contributed by atoms with E-state index in [0.29, 0.717) is 10.0 Å². The molecule has 100 valence electrons. The van der Waals surface area contributed by atoms with Crippen LogP contribution in [0.15, 0.2) is 27.1 Å². The molecule has 0 aliphatic heterocycles. The second-order valence-corrected chi connectivity index (χ2v) is 7.24. The Morgan fingerprint density at radius 2 is 1.78 bits per heavy atom. The SMILES string of the molecule is CC(C)(C)SN=Cc1cc(Br)cc(C(F)(F)F)c1. The van der Waals surface area contributed by atoms with Crippen molar-refractivity contribution in [1.82, 2.24) is 0 Å². The molecule has 1 rings (SSSR count). The predicted molar refractivity (Wildman–Crippen MR) is 74.1 cm³/mol. The molecule has 0 unspecified atom stereocenters. The molecule has 0 saturated carbocycles. The molecule has 0 spiro atoms. The molecule has 1 aromatic rings. The van der Waals surface area contributed by atoms with Gasteiger partial charge < -0.3 is 0 Å². The molecule has 0 heterocycles. The van der Waals surface area contributed by atoms with Crippen molar-refractivity contribution in [3.8, 4) is 0 Å². The number of alkyl halides is 3. The van der Waals surface area contributed by atoms with E-state index >= 15 is 0 Å². The van der Waals surface area contributed by atoms with Gasteiger partial charge >= 0.3 is 6.18 Å². The zero-order valence-corrected chi connectivity index (χ0v) is 12.6. The van der Waals surface area contributed by atoms with Crippen LogP contribution in [0.25, 0.3) is 0 Å². The van der Waals surface area contributed by atoms with Crippen molar-refractivity contribution >= 4 is 34.1 Å². The van der Waals surface area contributed by atoms with Gasteiger partial charge in [-0.25, -0.2) is 4.40 Å². The minimum atomic E-state index is -4.34. The van der Waals surface area contributed by atoms with Gasteiger partial charge in [-0.3, -0.25) is 0 Å².